The van der Waals surface area contributed by atoms with Crippen LogP contribution in [0.4, 0.5) is 13.2 Å². The SMILES string of the molecule is COC(=O)c1cc(-c2ccc(C3CCN(C(=O)C(F)(F)F)CC3)cc2)cc(-n2cc(-c3nccs3)nn2)c1. The number of thiazole rings is 1. The molecule has 196 valence electrons. The van der Waals surface area contributed by atoms with Gasteiger partial charge in [0.25, 0.3) is 0 Å². The van der Waals surface area contributed by atoms with E-state index in [1.54, 1.807) is 29.2 Å². The van der Waals surface area contributed by atoms with Crippen molar-refractivity contribution in [2.24, 2.45) is 0 Å². The Balaban J connectivity index is 1.38. The topological polar surface area (TPSA) is 90.2 Å². The van der Waals surface area contributed by atoms with Crippen LogP contribution in [0.15, 0.2) is 60.2 Å². The molecule has 0 atom stereocenters. The molecular formula is C26H22F3N5O3S. The monoisotopic (exact) mass is 541 g/mol. The number of nitrogens with zero attached hydrogens (tertiary/aromatic N) is 5. The molecule has 0 unspecified atom stereocenters. The fourth-order valence-corrected chi connectivity index (χ4v) is 5.11. The van der Waals surface area contributed by atoms with Gasteiger partial charge in [0.15, 0.2) is 0 Å². The molecule has 0 aliphatic carbocycles. The predicted molar refractivity (Wildman–Crippen MR) is 134 cm³/mol. The van der Waals surface area contributed by atoms with E-state index in [1.165, 1.54) is 18.4 Å². The van der Waals surface area contributed by atoms with Crippen molar-refractivity contribution in [3.8, 4) is 27.5 Å². The molecule has 2 aromatic heterocycles. The van der Waals surface area contributed by atoms with Gasteiger partial charge in [-0.3, -0.25) is 4.79 Å². The van der Waals surface area contributed by atoms with Gasteiger partial charge in [0.1, 0.15) is 10.7 Å². The molecule has 0 spiro atoms. The van der Waals surface area contributed by atoms with Gasteiger partial charge in [-0.15, -0.1) is 16.4 Å². The summed E-state index contributed by atoms with van der Waals surface area (Å²) in [5.74, 6) is -2.22. The van der Waals surface area contributed by atoms with Gasteiger partial charge in [0, 0.05) is 24.7 Å². The Morgan fingerprint density at radius 2 is 1.79 bits per heavy atom. The maximum absolute atomic E-state index is 12.7. The van der Waals surface area contributed by atoms with Gasteiger partial charge in [-0.2, -0.15) is 13.2 Å². The Morgan fingerprint density at radius 3 is 2.42 bits per heavy atom. The second kappa shape index (κ2) is 10.4. The third kappa shape index (κ3) is 5.30. The predicted octanol–water partition coefficient (Wildman–Crippen LogP) is 5.11. The zero-order valence-electron chi connectivity index (χ0n) is 20.2. The summed E-state index contributed by atoms with van der Waals surface area (Å²) < 4.78 is 44.7. The molecule has 0 N–H and O–H groups in total. The maximum Gasteiger partial charge on any atom is 0.471 e. The van der Waals surface area contributed by atoms with Gasteiger partial charge in [-0.25, -0.2) is 14.5 Å². The highest BCUT2D eigenvalue weighted by Gasteiger charge is 2.43. The van der Waals surface area contributed by atoms with E-state index in [2.05, 4.69) is 15.3 Å². The lowest BCUT2D eigenvalue weighted by Crippen LogP contribution is -2.45. The van der Waals surface area contributed by atoms with E-state index in [9.17, 15) is 22.8 Å². The first kappa shape index (κ1) is 25.6. The van der Waals surface area contributed by atoms with E-state index in [-0.39, 0.29) is 19.0 Å². The number of piperidine rings is 1. The van der Waals surface area contributed by atoms with Crippen LogP contribution in [0.25, 0.3) is 27.5 Å². The van der Waals surface area contributed by atoms with Crippen molar-refractivity contribution in [2.45, 2.75) is 24.9 Å². The number of alkyl halides is 3. The molecule has 3 heterocycles. The number of carbonyl (C=O) groups excluding carboxylic acids is 2. The number of ether oxygens (including phenoxy) is 1. The molecule has 2 aromatic carbocycles. The number of amides is 1. The molecule has 12 heteroatoms. The molecule has 38 heavy (non-hydrogen) atoms. The van der Waals surface area contributed by atoms with Crippen molar-refractivity contribution in [1.82, 2.24) is 24.9 Å². The van der Waals surface area contributed by atoms with Crippen molar-refractivity contribution in [1.29, 1.82) is 0 Å². The van der Waals surface area contributed by atoms with E-state index < -0.39 is 18.1 Å². The number of hydrogen-bond acceptors (Lipinski definition) is 7. The fraction of sp³-hybridized carbons (Fsp3) is 0.269. The summed E-state index contributed by atoms with van der Waals surface area (Å²) in [5.41, 5.74) is 4.15. The van der Waals surface area contributed by atoms with Gasteiger partial charge in [0.05, 0.1) is 24.6 Å². The number of esters is 1. The zero-order valence-corrected chi connectivity index (χ0v) is 21.0. The minimum absolute atomic E-state index is 0.0535. The van der Waals surface area contributed by atoms with Crippen molar-refractivity contribution >= 4 is 23.2 Å². The summed E-state index contributed by atoms with van der Waals surface area (Å²) in [4.78, 5) is 29.0. The first-order valence-electron chi connectivity index (χ1n) is 11.8. The highest BCUT2D eigenvalue weighted by atomic mass is 32.1. The standard InChI is InChI=1S/C26H22F3N5O3S/c1-37-24(35)20-12-19(13-21(14-20)34-15-22(31-32-34)23-30-8-11-38-23)17-4-2-16(3-5-17)18-6-9-33(10-7-18)25(36)26(27,28)29/h2-5,8,11-15,18H,6-7,9-10H2,1H3. The highest BCUT2D eigenvalue weighted by Crippen LogP contribution is 2.32. The lowest BCUT2D eigenvalue weighted by atomic mass is 9.88. The molecule has 8 nitrogen and oxygen atoms in total. The number of methoxy groups -OCH3 is 1. The summed E-state index contributed by atoms with van der Waals surface area (Å²) in [6.45, 7) is 0.131. The summed E-state index contributed by atoms with van der Waals surface area (Å²) in [6, 6.07) is 13.0. The van der Waals surface area contributed by atoms with Gasteiger partial charge < -0.3 is 9.64 Å². The number of hydrogen-bond donors (Lipinski definition) is 0. The van der Waals surface area contributed by atoms with Crippen LogP contribution in [0.1, 0.15) is 34.7 Å². The molecule has 1 amide bonds. The molecule has 0 saturated carbocycles. The Bertz CT molecular complexity index is 1440. The summed E-state index contributed by atoms with van der Waals surface area (Å²) >= 11 is 1.44. The molecule has 0 bridgehead atoms. The minimum atomic E-state index is -4.85. The van der Waals surface area contributed by atoms with Crippen LogP contribution >= 0.6 is 11.3 Å². The first-order valence-corrected chi connectivity index (χ1v) is 12.6. The number of likely N-dealkylation sites (tertiary alicyclic amines) is 1. The Hall–Kier alpha value is -4.06. The lowest BCUT2D eigenvalue weighted by molar-refractivity contribution is -0.186. The molecule has 1 aliphatic rings. The number of benzene rings is 2. The second-order valence-corrected chi connectivity index (χ2v) is 9.73. The molecule has 1 aliphatic heterocycles. The van der Waals surface area contributed by atoms with Gasteiger partial charge in [-0.05, 0) is 53.6 Å². The zero-order chi connectivity index (χ0) is 26.9. The Kier molecular flexibility index (Phi) is 6.98. The first-order chi connectivity index (χ1) is 18.2. The van der Waals surface area contributed by atoms with E-state index in [0.29, 0.717) is 29.8 Å². The summed E-state index contributed by atoms with van der Waals surface area (Å²) in [5, 5.41) is 11.0. The molecular weight excluding hydrogens is 519 g/mol. The van der Waals surface area contributed by atoms with E-state index >= 15 is 0 Å². The third-order valence-corrected chi connectivity index (χ3v) is 7.28. The second-order valence-electron chi connectivity index (χ2n) is 8.83. The normalized spacial score (nSPS) is 14.5. The van der Waals surface area contributed by atoms with E-state index in [1.807, 2.05) is 35.7 Å². The van der Waals surface area contributed by atoms with Crippen LogP contribution in [0.2, 0.25) is 0 Å². The minimum Gasteiger partial charge on any atom is -0.465 e. The largest absolute Gasteiger partial charge is 0.471 e. The molecule has 1 fully saturated rings. The van der Waals surface area contributed by atoms with Crippen LogP contribution in [0.3, 0.4) is 0 Å². The highest BCUT2D eigenvalue weighted by molar-refractivity contribution is 7.13. The van der Waals surface area contributed by atoms with Crippen molar-refractivity contribution < 1.29 is 27.5 Å². The maximum atomic E-state index is 12.7. The van der Waals surface area contributed by atoms with Crippen LogP contribution in [0, 0.1) is 0 Å². The lowest BCUT2D eigenvalue weighted by Gasteiger charge is -2.32. The van der Waals surface area contributed by atoms with E-state index in [0.717, 1.165) is 26.6 Å². The molecule has 4 aromatic rings. The number of aromatic nitrogens is 4. The smallest absolute Gasteiger partial charge is 0.465 e. The van der Waals surface area contributed by atoms with Gasteiger partial charge in [0.2, 0.25) is 0 Å². The van der Waals surface area contributed by atoms with Crippen LogP contribution in [-0.4, -0.2) is 63.1 Å². The number of carbonyl (C=O) groups is 2. The van der Waals surface area contributed by atoms with Crippen LogP contribution in [-0.2, 0) is 9.53 Å². The average Bonchev–Trinajstić information content (AvgIpc) is 3.64. The average molecular weight is 542 g/mol. The molecule has 1 saturated heterocycles. The van der Waals surface area contributed by atoms with Crippen LogP contribution in [0.5, 0.6) is 0 Å². The molecule has 5 rings (SSSR count). The van der Waals surface area contributed by atoms with Crippen molar-refractivity contribution in [3.63, 3.8) is 0 Å². The van der Waals surface area contributed by atoms with Crippen molar-refractivity contribution in [2.75, 3.05) is 20.2 Å². The Morgan fingerprint density at radius 1 is 1.05 bits per heavy atom. The third-order valence-electron chi connectivity index (χ3n) is 6.49. The van der Waals surface area contributed by atoms with E-state index in [4.69, 9.17) is 4.74 Å². The number of rotatable bonds is 5. The fourth-order valence-electron chi connectivity index (χ4n) is 4.53. The Labute approximate surface area is 219 Å². The van der Waals surface area contributed by atoms with Crippen LogP contribution < -0.4 is 0 Å². The summed E-state index contributed by atoms with van der Waals surface area (Å²) in [7, 11) is 1.31. The van der Waals surface area contributed by atoms with Crippen molar-refractivity contribution in [3.05, 3.63) is 71.4 Å². The van der Waals surface area contributed by atoms with Gasteiger partial charge in [-0.1, -0.05) is 29.5 Å². The number of halogens is 3. The van der Waals surface area contributed by atoms with Gasteiger partial charge >= 0.3 is 18.1 Å². The quantitative estimate of drug-likeness (QED) is 0.326. The summed E-state index contributed by atoms with van der Waals surface area (Å²) in [6.07, 6.45) is -0.517. The molecule has 0 radical (unpaired) electrons.